The summed E-state index contributed by atoms with van der Waals surface area (Å²) in [5.41, 5.74) is 1.49. The van der Waals surface area contributed by atoms with Gasteiger partial charge in [0.05, 0.1) is 11.7 Å². The van der Waals surface area contributed by atoms with Crippen molar-refractivity contribution in [1.82, 2.24) is 0 Å². The molecule has 0 aliphatic rings. The van der Waals surface area contributed by atoms with Gasteiger partial charge in [0.2, 0.25) is 0 Å². The molecule has 0 saturated carbocycles. The number of carbonyl (C=O) groups is 1. The van der Waals surface area contributed by atoms with E-state index in [-0.39, 0.29) is 6.10 Å². The van der Waals surface area contributed by atoms with Gasteiger partial charge in [-0.05, 0) is 43.9 Å². The normalized spacial score (nSPS) is 12.4. The topological polar surface area (TPSA) is 46.5 Å². The molecule has 1 rings (SSSR count). The van der Waals surface area contributed by atoms with E-state index < -0.39 is 5.97 Å². The third-order valence-corrected chi connectivity index (χ3v) is 2.65. The average Bonchev–Trinajstić information content (AvgIpc) is 2.34. The number of aromatic carboxylic acids is 1. The lowest BCUT2D eigenvalue weighted by atomic mass is 10.1. The van der Waals surface area contributed by atoms with Gasteiger partial charge in [0.1, 0.15) is 0 Å². The number of carboxylic acid groups (broad SMARTS) is 1. The maximum absolute atomic E-state index is 10.7. The molecule has 0 aliphatic carbocycles. The molecule has 0 radical (unpaired) electrons. The summed E-state index contributed by atoms with van der Waals surface area (Å²) in [5.74, 6) is -0.879. The van der Waals surface area contributed by atoms with Crippen molar-refractivity contribution in [2.75, 3.05) is 6.61 Å². The number of ether oxygens (including phenoxy) is 1. The third kappa shape index (κ3) is 5.00. The molecule has 3 nitrogen and oxygen atoms in total. The predicted octanol–water partition coefficient (Wildman–Crippen LogP) is 3.13. The second-order valence-corrected chi connectivity index (χ2v) is 4.22. The molecule has 0 aliphatic heterocycles. The van der Waals surface area contributed by atoms with E-state index in [0.29, 0.717) is 5.56 Å². The number of hydrogen-bond donors (Lipinski definition) is 1. The Morgan fingerprint density at radius 1 is 1.35 bits per heavy atom. The fourth-order valence-corrected chi connectivity index (χ4v) is 1.59. The van der Waals surface area contributed by atoms with Crippen LogP contribution in [0.4, 0.5) is 0 Å². The van der Waals surface area contributed by atoms with Crippen LogP contribution in [-0.2, 0) is 11.2 Å². The van der Waals surface area contributed by atoms with Gasteiger partial charge in [-0.25, -0.2) is 4.79 Å². The van der Waals surface area contributed by atoms with Crippen molar-refractivity contribution in [3.8, 4) is 0 Å². The van der Waals surface area contributed by atoms with Crippen molar-refractivity contribution in [3.63, 3.8) is 0 Å². The van der Waals surface area contributed by atoms with E-state index in [1.807, 2.05) is 12.1 Å². The lowest BCUT2D eigenvalue weighted by molar-refractivity contribution is 0.0610. The van der Waals surface area contributed by atoms with Crippen LogP contribution in [0.1, 0.15) is 42.6 Å². The van der Waals surface area contributed by atoms with Crippen LogP contribution in [0.25, 0.3) is 0 Å². The largest absolute Gasteiger partial charge is 0.478 e. The van der Waals surface area contributed by atoms with Gasteiger partial charge >= 0.3 is 5.97 Å². The van der Waals surface area contributed by atoms with Crippen molar-refractivity contribution in [2.45, 2.75) is 39.2 Å². The van der Waals surface area contributed by atoms with E-state index in [1.165, 1.54) is 0 Å². The molecule has 0 aromatic heterocycles. The highest BCUT2D eigenvalue weighted by atomic mass is 16.5. The van der Waals surface area contributed by atoms with Gasteiger partial charge in [-0.15, -0.1) is 0 Å². The molecule has 3 heteroatoms. The quantitative estimate of drug-likeness (QED) is 0.791. The van der Waals surface area contributed by atoms with E-state index in [9.17, 15) is 4.79 Å². The maximum atomic E-state index is 10.7. The molecule has 0 fully saturated rings. The Morgan fingerprint density at radius 3 is 2.53 bits per heavy atom. The van der Waals surface area contributed by atoms with Crippen molar-refractivity contribution in [2.24, 2.45) is 0 Å². The van der Waals surface area contributed by atoms with Crippen LogP contribution in [0, 0.1) is 0 Å². The minimum absolute atomic E-state index is 0.258. The summed E-state index contributed by atoms with van der Waals surface area (Å²) in [6, 6.07) is 7.04. The Hall–Kier alpha value is -1.35. The Labute approximate surface area is 102 Å². The minimum atomic E-state index is -0.879. The lowest BCUT2D eigenvalue weighted by Gasteiger charge is -2.12. The van der Waals surface area contributed by atoms with E-state index in [1.54, 1.807) is 12.1 Å². The molecule has 0 spiro atoms. The molecule has 0 saturated heterocycles. The molecule has 17 heavy (non-hydrogen) atoms. The Kier molecular flexibility index (Phi) is 5.70. The SMILES string of the molecule is CCCOC(C)CCc1ccc(C(=O)O)cc1. The summed E-state index contributed by atoms with van der Waals surface area (Å²) in [6.45, 7) is 4.97. The minimum Gasteiger partial charge on any atom is -0.478 e. The van der Waals surface area contributed by atoms with Crippen LogP contribution in [0.5, 0.6) is 0 Å². The average molecular weight is 236 g/mol. The van der Waals surface area contributed by atoms with E-state index in [0.717, 1.165) is 31.4 Å². The maximum Gasteiger partial charge on any atom is 0.335 e. The number of benzene rings is 1. The highest BCUT2D eigenvalue weighted by Gasteiger charge is 2.04. The molecule has 94 valence electrons. The smallest absolute Gasteiger partial charge is 0.335 e. The summed E-state index contributed by atoms with van der Waals surface area (Å²) < 4.78 is 5.58. The van der Waals surface area contributed by atoms with Gasteiger partial charge in [0.15, 0.2) is 0 Å². The molecular weight excluding hydrogens is 216 g/mol. The lowest BCUT2D eigenvalue weighted by Crippen LogP contribution is -2.10. The van der Waals surface area contributed by atoms with Gasteiger partial charge < -0.3 is 9.84 Å². The molecule has 0 bridgehead atoms. The molecule has 1 aromatic carbocycles. The summed E-state index contributed by atoms with van der Waals surface area (Å²) >= 11 is 0. The molecule has 1 atom stereocenters. The molecule has 1 aromatic rings. The first-order valence-corrected chi connectivity index (χ1v) is 6.07. The van der Waals surface area contributed by atoms with Crippen molar-refractivity contribution >= 4 is 5.97 Å². The summed E-state index contributed by atoms with van der Waals surface area (Å²) in [6.07, 6.45) is 3.18. The van der Waals surface area contributed by atoms with Gasteiger partial charge in [0, 0.05) is 6.61 Å². The fraction of sp³-hybridized carbons (Fsp3) is 0.500. The Balaban J connectivity index is 2.39. The highest BCUT2D eigenvalue weighted by molar-refractivity contribution is 5.87. The van der Waals surface area contributed by atoms with Crippen LogP contribution < -0.4 is 0 Å². The number of aryl methyl sites for hydroxylation is 1. The van der Waals surface area contributed by atoms with Gasteiger partial charge in [-0.1, -0.05) is 19.1 Å². The van der Waals surface area contributed by atoms with Crippen LogP contribution >= 0.6 is 0 Å². The van der Waals surface area contributed by atoms with Crippen LogP contribution in [-0.4, -0.2) is 23.8 Å². The molecule has 0 amide bonds. The molecule has 0 heterocycles. The molecule has 1 unspecified atom stereocenters. The predicted molar refractivity (Wildman–Crippen MR) is 67.4 cm³/mol. The van der Waals surface area contributed by atoms with Crippen LogP contribution in [0.2, 0.25) is 0 Å². The van der Waals surface area contributed by atoms with Crippen molar-refractivity contribution in [1.29, 1.82) is 0 Å². The second-order valence-electron chi connectivity index (χ2n) is 4.22. The first-order chi connectivity index (χ1) is 8.13. The summed E-state index contributed by atoms with van der Waals surface area (Å²) in [4.78, 5) is 10.7. The van der Waals surface area contributed by atoms with Crippen molar-refractivity contribution < 1.29 is 14.6 Å². The number of rotatable bonds is 7. The zero-order valence-corrected chi connectivity index (χ0v) is 10.5. The fourth-order valence-electron chi connectivity index (χ4n) is 1.59. The van der Waals surface area contributed by atoms with Crippen molar-refractivity contribution in [3.05, 3.63) is 35.4 Å². The Bertz CT molecular complexity index is 343. The monoisotopic (exact) mass is 236 g/mol. The third-order valence-electron chi connectivity index (χ3n) is 2.65. The highest BCUT2D eigenvalue weighted by Crippen LogP contribution is 2.09. The van der Waals surface area contributed by atoms with E-state index in [2.05, 4.69) is 13.8 Å². The van der Waals surface area contributed by atoms with Gasteiger partial charge in [-0.2, -0.15) is 0 Å². The standard InChI is InChI=1S/C14H20O3/c1-3-10-17-11(2)4-5-12-6-8-13(9-7-12)14(15)16/h6-9,11H,3-5,10H2,1-2H3,(H,15,16). The first-order valence-electron chi connectivity index (χ1n) is 6.07. The summed E-state index contributed by atoms with van der Waals surface area (Å²) in [5, 5.41) is 8.77. The van der Waals surface area contributed by atoms with E-state index >= 15 is 0 Å². The Morgan fingerprint density at radius 2 is 2.00 bits per heavy atom. The van der Waals surface area contributed by atoms with Crippen LogP contribution in [0.3, 0.4) is 0 Å². The van der Waals surface area contributed by atoms with Gasteiger partial charge in [0.25, 0.3) is 0 Å². The zero-order chi connectivity index (χ0) is 12.7. The van der Waals surface area contributed by atoms with E-state index in [4.69, 9.17) is 9.84 Å². The molecule has 1 N–H and O–H groups in total. The summed E-state index contributed by atoms with van der Waals surface area (Å²) in [7, 11) is 0. The second kappa shape index (κ2) is 7.07. The zero-order valence-electron chi connectivity index (χ0n) is 10.5. The van der Waals surface area contributed by atoms with Gasteiger partial charge in [-0.3, -0.25) is 0 Å². The van der Waals surface area contributed by atoms with Crippen LogP contribution in [0.15, 0.2) is 24.3 Å². The number of carboxylic acids is 1. The molecular formula is C14H20O3. The first kappa shape index (κ1) is 13.7. The number of hydrogen-bond acceptors (Lipinski definition) is 2.